The highest BCUT2D eigenvalue weighted by atomic mass is 16.5. The minimum Gasteiger partial charge on any atom is -0.378 e. The van der Waals surface area contributed by atoms with E-state index in [2.05, 4.69) is 24.3 Å². The van der Waals surface area contributed by atoms with E-state index in [1.165, 1.54) is 30.4 Å². The first-order valence-electron chi connectivity index (χ1n) is 7.28. The molecule has 0 radical (unpaired) electrons. The summed E-state index contributed by atoms with van der Waals surface area (Å²) < 4.78 is 6.09. The molecule has 0 amide bonds. The predicted octanol–water partition coefficient (Wildman–Crippen LogP) is 3.00. The molecule has 0 heterocycles. The summed E-state index contributed by atoms with van der Waals surface area (Å²) in [5.41, 5.74) is 8.98. The molecular weight excluding hydrogens is 222 g/mol. The minimum atomic E-state index is 0.369. The van der Waals surface area contributed by atoms with Crippen LogP contribution in [0.25, 0.3) is 0 Å². The van der Waals surface area contributed by atoms with Crippen molar-refractivity contribution in [3.05, 3.63) is 35.4 Å². The van der Waals surface area contributed by atoms with E-state index in [0.717, 1.165) is 25.9 Å². The Morgan fingerprint density at radius 2 is 2.06 bits per heavy atom. The van der Waals surface area contributed by atoms with Gasteiger partial charge in [0.05, 0.1) is 12.7 Å². The van der Waals surface area contributed by atoms with E-state index in [1.54, 1.807) is 0 Å². The van der Waals surface area contributed by atoms with E-state index in [-0.39, 0.29) is 0 Å². The molecule has 3 rings (SSSR count). The summed E-state index contributed by atoms with van der Waals surface area (Å²) >= 11 is 0. The van der Waals surface area contributed by atoms with E-state index in [4.69, 9.17) is 10.5 Å². The molecule has 2 heteroatoms. The van der Waals surface area contributed by atoms with Gasteiger partial charge in [-0.1, -0.05) is 24.3 Å². The predicted molar refractivity (Wildman–Crippen MR) is 73.7 cm³/mol. The first-order chi connectivity index (χ1) is 8.83. The van der Waals surface area contributed by atoms with Gasteiger partial charge in [0, 0.05) is 12.0 Å². The molecule has 1 saturated carbocycles. The number of rotatable bonds is 3. The van der Waals surface area contributed by atoms with Crippen molar-refractivity contribution in [1.82, 2.24) is 0 Å². The smallest absolute Gasteiger partial charge is 0.0590 e. The number of aryl methyl sites for hydroxylation is 1. The molecule has 2 N–H and O–H groups in total. The van der Waals surface area contributed by atoms with Gasteiger partial charge in [-0.05, 0) is 49.7 Å². The van der Waals surface area contributed by atoms with Gasteiger partial charge in [0.1, 0.15) is 0 Å². The fourth-order valence-corrected chi connectivity index (χ4v) is 3.40. The van der Waals surface area contributed by atoms with Crippen LogP contribution in [0.4, 0.5) is 0 Å². The van der Waals surface area contributed by atoms with Gasteiger partial charge in [-0.2, -0.15) is 0 Å². The molecule has 0 aromatic heterocycles. The summed E-state index contributed by atoms with van der Waals surface area (Å²) in [5, 5.41) is 0. The second-order valence-corrected chi connectivity index (χ2v) is 5.82. The van der Waals surface area contributed by atoms with Gasteiger partial charge >= 0.3 is 0 Å². The minimum absolute atomic E-state index is 0.369. The van der Waals surface area contributed by atoms with Gasteiger partial charge in [0.25, 0.3) is 0 Å². The normalized spacial score (nSPS) is 31.3. The van der Waals surface area contributed by atoms with Gasteiger partial charge in [-0.25, -0.2) is 0 Å². The number of benzene rings is 1. The van der Waals surface area contributed by atoms with E-state index < -0.39 is 0 Å². The summed E-state index contributed by atoms with van der Waals surface area (Å²) in [6, 6.07) is 9.23. The van der Waals surface area contributed by atoms with E-state index in [1.807, 2.05) is 0 Å². The Labute approximate surface area is 110 Å². The SMILES string of the molecule is NC1CCC(OCC2CCCc3ccccc32)C1. The molecule has 98 valence electrons. The van der Waals surface area contributed by atoms with Crippen molar-refractivity contribution in [3.8, 4) is 0 Å². The third-order valence-corrected chi connectivity index (χ3v) is 4.45. The number of hydrogen-bond acceptors (Lipinski definition) is 2. The Morgan fingerprint density at radius 1 is 1.17 bits per heavy atom. The second kappa shape index (κ2) is 5.41. The van der Waals surface area contributed by atoms with Gasteiger partial charge in [0.15, 0.2) is 0 Å². The summed E-state index contributed by atoms with van der Waals surface area (Å²) in [5.74, 6) is 0.603. The molecule has 2 aliphatic rings. The van der Waals surface area contributed by atoms with Gasteiger partial charge < -0.3 is 10.5 Å². The van der Waals surface area contributed by atoms with Crippen LogP contribution >= 0.6 is 0 Å². The molecule has 1 aromatic carbocycles. The summed E-state index contributed by atoms with van der Waals surface area (Å²) in [4.78, 5) is 0. The Morgan fingerprint density at radius 3 is 2.89 bits per heavy atom. The lowest BCUT2D eigenvalue weighted by Crippen LogP contribution is -2.21. The molecule has 0 saturated heterocycles. The Balaban J connectivity index is 1.60. The summed E-state index contributed by atoms with van der Waals surface area (Å²) in [6.45, 7) is 0.883. The van der Waals surface area contributed by atoms with Crippen molar-refractivity contribution in [1.29, 1.82) is 0 Å². The summed E-state index contributed by atoms with van der Waals surface area (Å²) in [6.07, 6.45) is 7.55. The van der Waals surface area contributed by atoms with Crippen LogP contribution in [-0.2, 0) is 11.2 Å². The molecule has 2 aliphatic carbocycles. The maximum absolute atomic E-state index is 6.09. The Kier molecular flexibility index (Phi) is 3.67. The Bertz CT molecular complexity index is 404. The molecule has 0 spiro atoms. The van der Waals surface area contributed by atoms with Crippen LogP contribution in [0.1, 0.15) is 49.1 Å². The first-order valence-corrected chi connectivity index (χ1v) is 7.28. The average molecular weight is 245 g/mol. The van der Waals surface area contributed by atoms with Crippen molar-refractivity contribution in [2.75, 3.05) is 6.61 Å². The quantitative estimate of drug-likeness (QED) is 0.888. The topological polar surface area (TPSA) is 35.2 Å². The lowest BCUT2D eigenvalue weighted by molar-refractivity contribution is 0.0446. The third-order valence-electron chi connectivity index (χ3n) is 4.45. The van der Waals surface area contributed by atoms with Crippen LogP contribution < -0.4 is 5.73 Å². The molecule has 2 nitrogen and oxygen atoms in total. The van der Waals surface area contributed by atoms with Crippen molar-refractivity contribution < 1.29 is 4.74 Å². The van der Waals surface area contributed by atoms with Crippen LogP contribution in [-0.4, -0.2) is 18.8 Å². The van der Waals surface area contributed by atoms with Gasteiger partial charge in [-0.3, -0.25) is 0 Å². The highest BCUT2D eigenvalue weighted by molar-refractivity contribution is 5.32. The van der Waals surface area contributed by atoms with Crippen LogP contribution in [0, 0.1) is 0 Å². The van der Waals surface area contributed by atoms with Gasteiger partial charge in [-0.15, -0.1) is 0 Å². The van der Waals surface area contributed by atoms with Crippen LogP contribution in [0.2, 0.25) is 0 Å². The maximum Gasteiger partial charge on any atom is 0.0590 e. The largest absolute Gasteiger partial charge is 0.378 e. The number of hydrogen-bond donors (Lipinski definition) is 1. The third kappa shape index (κ3) is 2.60. The fraction of sp³-hybridized carbons (Fsp3) is 0.625. The van der Waals surface area contributed by atoms with E-state index in [0.29, 0.717) is 18.1 Å². The second-order valence-electron chi connectivity index (χ2n) is 5.82. The van der Waals surface area contributed by atoms with Crippen molar-refractivity contribution in [2.45, 2.75) is 56.6 Å². The zero-order valence-electron chi connectivity index (χ0n) is 11.0. The molecule has 0 aliphatic heterocycles. The zero-order chi connectivity index (χ0) is 12.4. The van der Waals surface area contributed by atoms with Crippen molar-refractivity contribution >= 4 is 0 Å². The monoisotopic (exact) mass is 245 g/mol. The summed E-state index contributed by atoms with van der Waals surface area (Å²) in [7, 11) is 0. The highest BCUT2D eigenvalue weighted by Gasteiger charge is 2.25. The molecule has 18 heavy (non-hydrogen) atoms. The Hall–Kier alpha value is -0.860. The van der Waals surface area contributed by atoms with E-state index >= 15 is 0 Å². The maximum atomic E-state index is 6.09. The van der Waals surface area contributed by atoms with Crippen LogP contribution in [0.5, 0.6) is 0 Å². The molecule has 1 aromatic rings. The number of ether oxygens (including phenoxy) is 1. The molecule has 0 bridgehead atoms. The number of fused-ring (bicyclic) bond motifs is 1. The highest BCUT2D eigenvalue weighted by Crippen LogP contribution is 2.32. The molecular formula is C16H23NO. The number of nitrogens with two attached hydrogens (primary N) is 1. The molecule has 3 atom stereocenters. The first kappa shape index (κ1) is 12.2. The average Bonchev–Trinajstić information content (AvgIpc) is 2.82. The fourth-order valence-electron chi connectivity index (χ4n) is 3.40. The van der Waals surface area contributed by atoms with Crippen molar-refractivity contribution in [3.63, 3.8) is 0 Å². The van der Waals surface area contributed by atoms with E-state index in [9.17, 15) is 0 Å². The molecule has 1 fully saturated rings. The lowest BCUT2D eigenvalue weighted by atomic mass is 9.83. The van der Waals surface area contributed by atoms with Crippen LogP contribution in [0.15, 0.2) is 24.3 Å². The van der Waals surface area contributed by atoms with Gasteiger partial charge in [0.2, 0.25) is 0 Å². The standard InChI is InChI=1S/C16H23NO/c17-14-8-9-15(10-14)18-11-13-6-3-5-12-4-1-2-7-16(12)13/h1-2,4,7,13-15H,3,5-6,8-11,17H2. The molecule has 3 unspecified atom stereocenters. The lowest BCUT2D eigenvalue weighted by Gasteiger charge is -2.26. The van der Waals surface area contributed by atoms with Crippen molar-refractivity contribution in [2.24, 2.45) is 5.73 Å². The zero-order valence-corrected chi connectivity index (χ0v) is 11.0. The van der Waals surface area contributed by atoms with Crippen LogP contribution in [0.3, 0.4) is 0 Å².